The van der Waals surface area contributed by atoms with Crippen LogP contribution < -0.4 is 5.32 Å². The molecule has 0 saturated heterocycles. The van der Waals surface area contributed by atoms with Gasteiger partial charge < -0.3 is 10.4 Å². The lowest BCUT2D eigenvalue weighted by Crippen LogP contribution is -2.23. The summed E-state index contributed by atoms with van der Waals surface area (Å²) in [6, 6.07) is 1.88. The standard InChI is InChI=1S/C14H19NO3S/c1-3-10(2)6-13(16)15-8-12-7-11(9-19-12)4-5-14(17)18/h4-5,7,9-10H,3,6,8H2,1-2H3,(H,15,16)(H,17,18)/b5-4+. The number of thiophene rings is 1. The molecule has 1 rings (SSSR count). The summed E-state index contributed by atoms with van der Waals surface area (Å²) < 4.78 is 0. The van der Waals surface area contributed by atoms with Gasteiger partial charge in [0.05, 0.1) is 6.54 Å². The van der Waals surface area contributed by atoms with Gasteiger partial charge in [-0.2, -0.15) is 0 Å². The average molecular weight is 281 g/mol. The Labute approximate surface area is 117 Å². The molecule has 1 aromatic heterocycles. The second kappa shape index (κ2) is 7.74. The number of hydrogen-bond donors (Lipinski definition) is 2. The Balaban J connectivity index is 2.42. The second-order valence-corrected chi connectivity index (χ2v) is 5.51. The Morgan fingerprint density at radius 3 is 2.89 bits per heavy atom. The van der Waals surface area contributed by atoms with E-state index in [0.717, 1.165) is 22.9 Å². The van der Waals surface area contributed by atoms with Crippen molar-refractivity contribution < 1.29 is 14.7 Å². The zero-order valence-electron chi connectivity index (χ0n) is 11.2. The Morgan fingerprint density at radius 1 is 1.53 bits per heavy atom. The Morgan fingerprint density at radius 2 is 2.26 bits per heavy atom. The molecule has 1 heterocycles. The molecule has 1 unspecified atom stereocenters. The maximum absolute atomic E-state index is 11.6. The Kier molecular flexibility index (Phi) is 6.29. The van der Waals surface area contributed by atoms with Crippen LogP contribution in [0.15, 0.2) is 17.5 Å². The van der Waals surface area contributed by atoms with Gasteiger partial charge in [-0.15, -0.1) is 11.3 Å². The molecular weight excluding hydrogens is 262 g/mol. The van der Waals surface area contributed by atoms with Crippen LogP contribution in [0.1, 0.15) is 37.1 Å². The van der Waals surface area contributed by atoms with Gasteiger partial charge in [-0.25, -0.2) is 4.79 Å². The minimum Gasteiger partial charge on any atom is -0.478 e. The van der Waals surface area contributed by atoms with Crippen LogP contribution >= 0.6 is 11.3 Å². The number of nitrogens with one attached hydrogen (secondary N) is 1. The van der Waals surface area contributed by atoms with Crippen LogP contribution in [0, 0.1) is 5.92 Å². The van der Waals surface area contributed by atoms with E-state index >= 15 is 0 Å². The van der Waals surface area contributed by atoms with E-state index in [4.69, 9.17) is 5.11 Å². The summed E-state index contributed by atoms with van der Waals surface area (Å²) in [5.41, 5.74) is 0.846. The van der Waals surface area contributed by atoms with Crippen molar-refractivity contribution in [3.8, 4) is 0 Å². The van der Waals surface area contributed by atoms with E-state index in [1.165, 1.54) is 11.3 Å². The molecule has 4 nitrogen and oxygen atoms in total. The van der Waals surface area contributed by atoms with Crippen LogP contribution in [0.4, 0.5) is 0 Å². The number of amides is 1. The first-order valence-corrected chi connectivity index (χ1v) is 7.14. The Hall–Kier alpha value is -1.62. The zero-order valence-corrected chi connectivity index (χ0v) is 12.0. The van der Waals surface area contributed by atoms with Crippen molar-refractivity contribution in [1.82, 2.24) is 5.32 Å². The number of carboxylic acid groups (broad SMARTS) is 1. The van der Waals surface area contributed by atoms with Gasteiger partial charge in [-0.3, -0.25) is 4.79 Å². The van der Waals surface area contributed by atoms with Crippen LogP contribution in [0.3, 0.4) is 0 Å². The average Bonchev–Trinajstić information content (AvgIpc) is 2.81. The van der Waals surface area contributed by atoms with Crippen LogP contribution in [-0.2, 0) is 16.1 Å². The molecule has 0 saturated carbocycles. The first-order chi connectivity index (χ1) is 9.01. The molecule has 0 aliphatic rings. The fourth-order valence-corrected chi connectivity index (χ4v) is 2.26. The van der Waals surface area contributed by atoms with Crippen molar-refractivity contribution in [1.29, 1.82) is 0 Å². The van der Waals surface area contributed by atoms with Crippen LogP contribution in [0.2, 0.25) is 0 Å². The number of carboxylic acids is 1. The molecule has 1 amide bonds. The summed E-state index contributed by atoms with van der Waals surface area (Å²) in [7, 11) is 0. The third kappa shape index (κ3) is 6.20. The molecular formula is C14H19NO3S. The van der Waals surface area contributed by atoms with E-state index in [1.54, 1.807) is 6.08 Å². The van der Waals surface area contributed by atoms with Gasteiger partial charge in [0.25, 0.3) is 0 Å². The lowest BCUT2D eigenvalue weighted by molar-refractivity contribution is -0.131. The smallest absolute Gasteiger partial charge is 0.328 e. The SMILES string of the molecule is CCC(C)CC(=O)NCc1cc(/C=C/C(=O)O)cs1. The van der Waals surface area contributed by atoms with Crippen molar-refractivity contribution in [3.05, 3.63) is 28.0 Å². The van der Waals surface area contributed by atoms with E-state index in [2.05, 4.69) is 19.2 Å². The summed E-state index contributed by atoms with van der Waals surface area (Å²) >= 11 is 1.51. The molecule has 5 heteroatoms. The predicted octanol–water partition coefficient (Wildman–Crippen LogP) is 2.90. The highest BCUT2D eigenvalue weighted by Crippen LogP contribution is 2.16. The lowest BCUT2D eigenvalue weighted by Gasteiger charge is -2.08. The minimum absolute atomic E-state index is 0.0605. The van der Waals surface area contributed by atoms with Gasteiger partial charge in [-0.1, -0.05) is 20.3 Å². The van der Waals surface area contributed by atoms with Gasteiger partial charge in [-0.05, 0) is 29.0 Å². The maximum atomic E-state index is 11.6. The zero-order chi connectivity index (χ0) is 14.3. The molecule has 19 heavy (non-hydrogen) atoms. The van der Waals surface area contributed by atoms with Gasteiger partial charge in [0.2, 0.25) is 5.91 Å². The first-order valence-electron chi connectivity index (χ1n) is 6.26. The molecule has 1 aromatic rings. The van der Waals surface area contributed by atoms with E-state index in [-0.39, 0.29) is 5.91 Å². The fraction of sp³-hybridized carbons (Fsp3) is 0.429. The van der Waals surface area contributed by atoms with Crippen molar-refractivity contribution in [2.75, 3.05) is 0 Å². The predicted molar refractivity (Wildman–Crippen MR) is 76.9 cm³/mol. The van der Waals surface area contributed by atoms with Crippen molar-refractivity contribution in [3.63, 3.8) is 0 Å². The van der Waals surface area contributed by atoms with Gasteiger partial charge in [0, 0.05) is 17.4 Å². The highest BCUT2D eigenvalue weighted by Gasteiger charge is 2.07. The highest BCUT2D eigenvalue weighted by molar-refractivity contribution is 7.10. The molecule has 0 aliphatic carbocycles. The summed E-state index contributed by atoms with van der Waals surface area (Å²) in [6.45, 7) is 4.62. The third-order valence-corrected chi connectivity index (χ3v) is 3.74. The molecule has 2 N–H and O–H groups in total. The molecule has 0 aromatic carbocycles. The summed E-state index contributed by atoms with van der Waals surface area (Å²) in [4.78, 5) is 23.0. The quantitative estimate of drug-likeness (QED) is 0.755. The summed E-state index contributed by atoms with van der Waals surface area (Å²) in [6.07, 6.45) is 4.20. The Bertz CT molecular complexity index is 465. The van der Waals surface area contributed by atoms with Crippen LogP contribution in [0.25, 0.3) is 6.08 Å². The largest absolute Gasteiger partial charge is 0.478 e. The van der Waals surface area contributed by atoms with E-state index in [1.807, 2.05) is 11.4 Å². The molecule has 104 valence electrons. The molecule has 0 radical (unpaired) electrons. The van der Waals surface area contributed by atoms with Crippen molar-refractivity contribution in [2.24, 2.45) is 5.92 Å². The van der Waals surface area contributed by atoms with Gasteiger partial charge >= 0.3 is 5.97 Å². The highest BCUT2D eigenvalue weighted by atomic mass is 32.1. The van der Waals surface area contributed by atoms with E-state index in [0.29, 0.717) is 18.9 Å². The monoisotopic (exact) mass is 281 g/mol. The van der Waals surface area contributed by atoms with Crippen molar-refractivity contribution in [2.45, 2.75) is 33.2 Å². The number of rotatable bonds is 7. The topological polar surface area (TPSA) is 66.4 Å². The molecule has 0 bridgehead atoms. The van der Waals surface area contributed by atoms with Crippen molar-refractivity contribution >= 4 is 29.3 Å². The lowest BCUT2D eigenvalue weighted by atomic mass is 10.1. The van der Waals surface area contributed by atoms with Crippen LogP contribution in [-0.4, -0.2) is 17.0 Å². The number of carbonyl (C=O) groups is 2. The number of carbonyl (C=O) groups excluding carboxylic acids is 1. The molecule has 0 fully saturated rings. The normalized spacial score (nSPS) is 12.5. The summed E-state index contributed by atoms with van der Waals surface area (Å²) in [5.74, 6) is -0.502. The van der Waals surface area contributed by atoms with E-state index < -0.39 is 5.97 Å². The number of aliphatic carboxylic acids is 1. The molecule has 0 aliphatic heterocycles. The van der Waals surface area contributed by atoms with E-state index in [9.17, 15) is 9.59 Å². The summed E-state index contributed by atoms with van der Waals surface area (Å²) in [5, 5.41) is 13.3. The first kappa shape index (κ1) is 15.4. The molecule has 0 spiro atoms. The number of hydrogen-bond acceptors (Lipinski definition) is 3. The maximum Gasteiger partial charge on any atom is 0.328 e. The van der Waals surface area contributed by atoms with Gasteiger partial charge in [0.15, 0.2) is 0 Å². The van der Waals surface area contributed by atoms with Gasteiger partial charge in [0.1, 0.15) is 0 Å². The minimum atomic E-state index is -0.963. The fourth-order valence-electron chi connectivity index (χ4n) is 1.46. The van der Waals surface area contributed by atoms with Crippen LogP contribution in [0.5, 0.6) is 0 Å². The molecule has 1 atom stereocenters. The third-order valence-electron chi connectivity index (χ3n) is 2.78. The second-order valence-electron chi connectivity index (χ2n) is 4.51.